The highest BCUT2D eigenvalue weighted by molar-refractivity contribution is 7.14. The molecule has 1 heterocycles. The lowest BCUT2D eigenvalue weighted by molar-refractivity contribution is -0.127. The Balaban J connectivity index is 1.37. The minimum atomic E-state index is -0.514. The number of hydrazine groups is 1. The Hall–Kier alpha value is -2.87. The summed E-state index contributed by atoms with van der Waals surface area (Å²) in [4.78, 5) is 37.6. The fourth-order valence-corrected chi connectivity index (χ4v) is 4.06. The van der Waals surface area contributed by atoms with Crippen LogP contribution in [0.3, 0.4) is 0 Å². The summed E-state index contributed by atoms with van der Waals surface area (Å²) in [6.07, 6.45) is 5.54. The zero-order valence-electron chi connectivity index (χ0n) is 15.5. The molecule has 1 aliphatic carbocycles. The second-order valence-corrected chi connectivity index (χ2v) is 7.64. The molecule has 3 rings (SSSR count). The van der Waals surface area contributed by atoms with Crippen molar-refractivity contribution in [1.82, 2.24) is 16.2 Å². The lowest BCUT2D eigenvalue weighted by atomic mass is 10.1. The topological polar surface area (TPSA) is 96.5 Å². The molecular weight excluding hydrogens is 378 g/mol. The minimum absolute atomic E-state index is 0.190. The number of ether oxygens (including phenoxy) is 1. The molecule has 8 heteroatoms. The number of fused-ring (bicyclic) bond motifs is 1. The molecular formula is C20H23N3O4S. The van der Waals surface area contributed by atoms with Gasteiger partial charge in [0.25, 0.3) is 17.7 Å². The van der Waals surface area contributed by atoms with Crippen molar-refractivity contribution >= 4 is 29.1 Å². The SMILES string of the molecule is O=C(COc1ccccc1)NCC(=O)NNC(=O)c1cc2c(s1)CCCCC2. The van der Waals surface area contributed by atoms with Gasteiger partial charge >= 0.3 is 0 Å². The Morgan fingerprint density at radius 2 is 1.75 bits per heavy atom. The summed E-state index contributed by atoms with van der Waals surface area (Å²) in [6, 6.07) is 10.8. The summed E-state index contributed by atoms with van der Waals surface area (Å²) in [7, 11) is 0. The van der Waals surface area contributed by atoms with E-state index in [1.807, 2.05) is 12.1 Å². The van der Waals surface area contributed by atoms with Crippen LogP contribution in [0.5, 0.6) is 5.75 Å². The number of benzene rings is 1. The van der Waals surface area contributed by atoms with Gasteiger partial charge in [0, 0.05) is 4.88 Å². The lowest BCUT2D eigenvalue weighted by Crippen LogP contribution is -2.46. The number of para-hydroxylation sites is 1. The second-order valence-electron chi connectivity index (χ2n) is 6.50. The number of hydrogen-bond donors (Lipinski definition) is 3. The van der Waals surface area contributed by atoms with Crippen LogP contribution in [0, 0.1) is 0 Å². The van der Waals surface area contributed by atoms with E-state index in [1.54, 1.807) is 24.3 Å². The fourth-order valence-electron chi connectivity index (χ4n) is 2.91. The molecule has 2 aromatic rings. The number of rotatable bonds is 6. The molecule has 3 N–H and O–H groups in total. The van der Waals surface area contributed by atoms with E-state index in [-0.39, 0.29) is 19.1 Å². The maximum Gasteiger partial charge on any atom is 0.279 e. The number of carbonyl (C=O) groups excluding carboxylic acids is 3. The monoisotopic (exact) mass is 401 g/mol. The van der Waals surface area contributed by atoms with E-state index in [0.717, 1.165) is 25.7 Å². The van der Waals surface area contributed by atoms with Gasteiger partial charge in [0.1, 0.15) is 5.75 Å². The van der Waals surface area contributed by atoms with E-state index in [2.05, 4.69) is 16.2 Å². The van der Waals surface area contributed by atoms with Crippen LogP contribution < -0.4 is 20.9 Å². The molecule has 1 aromatic heterocycles. The maximum absolute atomic E-state index is 12.2. The number of nitrogens with one attached hydrogen (secondary N) is 3. The summed E-state index contributed by atoms with van der Waals surface area (Å²) in [5, 5.41) is 2.44. The van der Waals surface area contributed by atoms with Crippen molar-refractivity contribution in [2.75, 3.05) is 13.2 Å². The quantitative estimate of drug-likeness (QED) is 0.509. The molecule has 0 atom stereocenters. The molecule has 0 unspecified atom stereocenters. The number of aryl methyl sites for hydroxylation is 2. The van der Waals surface area contributed by atoms with Crippen LogP contribution in [-0.4, -0.2) is 30.9 Å². The smallest absolute Gasteiger partial charge is 0.279 e. The number of carbonyl (C=O) groups is 3. The van der Waals surface area contributed by atoms with Gasteiger partial charge < -0.3 is 10.1 Å². The van der Waals surface area contributed by atoms with Crippen molar-refractivity contribution in [3.05, 3.63) is 51.7 Å². The summed E-state index contributed by atoms with van der Waals surface area (Å²) >= 11 is 1.48. The van der Waals surface area contributed by atoms with Crippen LogP contribution in [0.1, 0.15) is 39.4 Å². The average molecular weight is 401 g/mol. The van der Waals surface area contributed by atoms with Crippen LogP contribution >= 0.6 is 11.3 Å². The number of hydrogen-bond acceptors (Lipinski definition) is 5. The highest BCUT2D eigenvalue weighted by atomic mass is 32.1. The van der Waals surface area contributed by atoms with Gasteiger partial charge in [-0.1, -0.05) is 24.6 Å². The third-order valence-electron chi connectivity index (χ3n) is 4.35. The van der Waals surface area contributed by atoms with Gasteiger partial charge in [-0.05, 0) is 49.4 Å². The molecule has 0 radical (unpaired) electrons. The van der Waals surface area contributed by atoms with Crippen LogP contribution in [0.15, 0.2) is 36.4 Å². The van der Waals surface area contributed by atoms with Crippen LogP contribution in [0.2, 0.25) is 0 Å². The van der Waals surface area contributed by atoms with E-state index in [4.69, 9.17) is 4.74 Å². The lowest BCUT2D eigenvalue weighted by Gasteiger charge is -2.08. The van der Waals surface area contributed by atoms with E-state index in [1.165, 1.54) is 28.2 Å². The Morgan fingerprint density at radius 3 is 2.57 bits per heavy atom. The average Bonchev–Trinajstić information content (AvgIpc) is 3.00. The van der Waals surface area contributed by atoms with Crippen molar-refractivity contribution in [3.8, 4) is 5.75 Å². The van der Waals surface area contributed by atoms with Crippen molar-refractivity contribution in [2.24, 2.45) is 0 Å². The first kappa shape index (κ1) is 19.9. The first-order valence-corrected chi connectivity index (χ1v) is 10.1. The van der Waals surface area contributed by atoms with Gasteiger partial charge in [-0.25, -0.2) is 0 Å². The normalized spacial score (nSPS) is 13.0. The van der Waals surface area contributed by atoms with E-state index in [9.17, 15) is 14.4 Å². The highest BCUT2D eigenvalue weighted by Crippen LogP contribution is 2.28. The number of amides is 3. The Bertz CT molecular complexity index is 812. The summed E-state index contributed by atoms with van der Waals surface area (Å²) in [6.45, 7) is -0.442. The Labute approximate surface area is 167 Å². The van der Waals surface area contributed by atoms with Crippen LogP contribution in [-0.2, 0) is 22.4 Å². The molecule has 0 saturated carbocycles. The Morgan fingerprint density at radius 1 is 0.964 bits per heavy atom. The zero-order valence-corrected chi connectivity index (χ0v) is 16.3. The van der Waals surface area contributed by atoms with Gasteiger partial charge in [0.2, 0.25) is 0 Å². The molecule has 0 saturated heterocycles. The largest absolute Gasteiger partial charge is 0.484 e. The molecule has 0 bridgehead atoms. The summed E-state index contributed by atoms with van der Waals surface area (Å²) in [5.74, 6) is -0.708. The van der Waals surface area contributed by atoms with Gasteiger partial charge in [0.05, 0.1) is 11.4 Å². The number of thiophene rings is 1. The second kappa shape index (κ2) is 9.89. The minimum Gasteiger partial charge on any atom is -0.484 e. The van der Waals surface area contributed by atoms with Crippen LogP contribution in [0.25, 0.3) is 0 Å². The van der Waals surface area contributed by atoms with Crippen molar-refractivity contribution in [3.63, 3.8) is 0 Å². The standard InChI is InChI=1S/C20H23N3O4S/c24-18(12-21-19(25)13-27-15-8-4-2-5-9-15)22-23-20(26)17-11-14-7-3-1-6-10-16(14)28-17/h2,4-5,8-9,11H,1,3,6-7,10,12-13H2,(H,21,25)(H,22,24)(H,23,26). The molecule has 7 nitrogen and oxygen atoms in total. The predicted molar refractivity (Wildman–Crippen MR) is 106 cm³/mol. The predicted octanol–water partition coefficient (Wildman–Crippen LogP) is 1.97. The van der Waals surface area contributed by atoms with Crippen molar-refractivity contribution < 1.29 is 19.1 Å². The molecule has 1 aliphatic rings. The first-order chi connectivity index (χ1) is 13.6. The third kappa shape index (κ3) is 5.82. The Kier molecular flexibility index (Phi) is 7.02. The fraction of sp³-hybridized carbons (Fsp3) is 0.350. The zero-order chi connectivity index (χ0) is 19.8. The summed E-state index contributed by atoms with van der Waals surface area (Å²) < 4.78 is 5.29. The molecule has 3 amide bonds. The third-order valence-corrected chi connectivity index (χ3v) is 5.58. The van der Waals surface area contributed by atoms with E-state index < -0.39 is 11.8 Å². The summed E-state index contributed by atoms with van der Waals surface area (Å²) in [5.41, 5.74) is 5.95. The van der Waals surface area contributed by atoms with Gasteiger partial charge in [-0.2, -0.15) is 0 Å². The molecule has 148 valence electrons. The van der Waals surface area contributed by atoms with Crippen molar-refractivity contribution in [2.45, 2.75) is 32.1 Å². The molecule has 28 heavy (non-hydrogen) atoms. The molecule has 0 aliphatic heterocycles. The van der Waals surface area contributed by atoms with E-state index in [0.29, 0.717) is 10.6 Å². The first-order valence-electron chi connectivity index (χ1n) is 9.27. The molecule has 0 spiro atoms. The molecule has 0 fully saturated rings. The van der Waals surface area contributed by atoms with Crippen LogP contribution in [0.4, 0.5) is 0 Å². The van der Waals surface area contributed by atoms with Crippen molar-refractivity contribution in [1.29, 1.82) is 0 Å². The van der Waals surface area contributed by atoms with Gasteiger partial charge in [-0.15, -0.1) is 11.3 Å². The van der Waals surface area contributed by atoms with Gasteiger partial charge in [-0.3, -0.25) is 25.2 Å². The highest BCUT2D eigenvalue weighted by Gasteiger charge is 2.17. The van der Waals surface area contributed by atoms with E-state index >= 15 is 0 Å². The van der Waals surface area contributed by atoms with Gasteiger partial charge in [0.15, 0.2) is 6.61 Å². The molecule has 1 aromatic carbocycles. The maximum atomic E-state index is 12.2.